The molecule has 0 fully saturated rings. The fraction of sp³-hybridized carbons (Fsp3) is 0.353. The van der Waals surface area contributed by atoms with Gasteiger partial charge in [0.1, 0.15) is 5.75 Å². The van der Waals surface area contributed by atoms with Crippen molar-refractivity contribution in [2.24, 2.45) is 0 Å². The van der Waals surface area contributed by atoms with Crippen molar-refractivity contribution in [1.82, 2.24) is 0 Å². The van der Waals surface area contributed by atoms with Crippen molar-refractivity contribution in [1.29, 1.82) is 0 Å². The minimum absolute atomic E-state index is 0.0964. The average molecular weight is 288 g/mol. The predicted molar refractivity (Wildman–Crippen MR) is 84.0 cm³/mol. The Hall–Kier alpha value is -1.61. The first-order valence-electron chi connectivity index (χ1n) is 6.66. The topological polar surface area (TPSA) is 26.3 Å². The van der Waals surface area contributed by atoms with Crippen LogP contribution in [0.15, 0.2) is 36.4 Å². The van der Waals surface area contributed by atoms with Gasteiger partial charge in [-0.25, -0.2) is 0 Å². The van der Waals surface area contributed by atoms with Crippen LogP contribution < -0.4 is 4.74 Å². The molecule has 0 atom stereocenters. The fourth-order valence-corrected chi connectivity index (χ4v) is 2.95. The van der Waals surface area contributed by atoms with Crippen molar-refractivity contribution in [2.45, 2.75) is 32.6 Å². The Kier molecular flexibility index (Phi) is 4.29. The summed E-state index contributed by atoms with van der Waals surface area (Å²) in [6.45, 7) is 6.49. The summed E-state index contributed by atoms with van der Waals surface area (Å²) in [6.07, 6.45) is 0.418. The Morgan fingerprint density at radius 3 is 2.55 bits per heavy atom. The van der Waals surface area contributed by atoms with Crippen molar-refractivity contribution < 1.29 is 9.53 Å². The zero-order chi connectivity index (χ0) is 14.8. The molecule has 0 radical (unpaired) electrons. The van der Waals surface area contributed by atoms with Crippen LogP contribution in [0.3, 0.4) is 0 Å². The van der Waals surface area contributed by atoms with Crippen LogP contribution in [0, 0.1) is 0 Å². The lowest BCUT2D eigenvalue weighted by Crippen LogP contribution is -2.08. The summed E-state index contributed by atoms with van der Waals surface area (Å²) in [4.78, 5) is 14.4. The standard InChI is InChI=1S/C17H20O2S/c1-17(2,3)16-9-8-15(20-16)14(18)11-12-6-5-7-13(10-12)19-4/h5-10H,11H2,1-4H3. The molecule has 1 aromatic carbocycles. The number of Topliss-reactive ketones (excluding diaryl/α,β-unsaturated/α-hetero) is 1. The molecule has 1 heterocycles. The van der Waals surface area contributed by atoms with Crippen LogP contribution in [0.1, 0.15) is 40.9 Å². The highest BCUT2D eigenvalue weighted by molar-refractivity contribution is 7.14. The van der Waals surface area contributed by atoms with Crippen LogP contribution in [-0.4, -0.2) is 12.9 Å². The first-order valence-corrected chi connectivity index (χ1v) is 7.48. The van der Waals surface area contributed by atoms with Gasteiger partial charge in [-0.2, -0.15) is 0 Å². The third-order valence-corrected chi connectivity index (χ3v) is 4.67. The van der Waals surface area contributed by atoms with Gasteiger partial charge in [0.2, 0.25) is 0 Å². The first-order chi connectivity index (χ1) is 9.40. The van der Waals surface area contributed by atoms with Gasteiger partial charge < -0.3 is 4.74 Å². The second-order valence-corrected chi connectivity index (χ2v) is 6.95. The smallest absolute Gasteiger partial charge is 0.177 e. The number of ketones is 1. The number of benzene rings is 1. The van der Waals surface area contributed by atoms with Crippen LogP contribution in [0.25, 0.3) is 0 Å². The normalized spacial score (nSPS) is 11.4. The molecular weight excluding hydrogens is 268 g/mol. The summed E-state index contributed by atoms with van der Waals surface area (Å²) < 4.78 is 5.18. The summed E-state index contributed by atoms with van der Waals surface area (Å²) in [5, 5.41) is 0. The Labute approximate surface area is 124 Å². The number of methoxy groups -OCH3 is 1. The van der Waals surface area contributed by atoms with Crippen molar-refractivity contribution >= 4 is 17.1 Å². The Morgan fingerprint density at radius 1 is 1.20 bits per heavy atom. The highest BCUT2D eigenvalue weighted by Crippen LogP contribution is 2.30. The number of thiophene rings is 1. The molecule has 0 spiro atoms. The van der Waals surface area contributed by atoms with Crippen LogP contribution in [0.4, 0.5) is 0 Å². The van der Waals surface area contributed by atoms with Crippen LogP contribution >= 0.6 is 11.3 Å². The van der Waals surface area contributed by atoms with Gasteiger partial charge in [0.05, 0.1) is 12.0 Å². The lowest BCUT2D eigenvalue weighted by molar-refractivity contribution is 0.0997. The average Bonchev–Trinajstić information content (AvgIpc) is 2.88. The largest absolute Gasteiger partial charge is 0.497 e. The molecule has 2 aromatic rings. The highest BCUT2D eigenvalue weighted by atomic mass is 32.1. The zero-order valence-corrected chi connectivity index (χ0v) is 13.2. The minimum Gasteiger partial charge on any atom is -0.497 e. The molecule has 0 aliphatic carbocycles. The van der Waals surface area contributed by atoms with Gasteiger partial charge >= 0.3 is 0 Å². The van der Waals surface area contributed by atoms with E-state index in [2.05, 4.69) is 26.8 Å². The highest BCUT2D eigenvalue weighted by Gasteiger charge is 2.18. The lowest BCUT2D eigenvalue weighted by atomic mass is 9.95. The second-order valence-electron chi connectivity index (χ2n) is 5.87. The molecule has 0 N–H and O–H groups in total. The third-order valence-electron chi connectivity index (χ3n) is 3.12. The summed E-state index contributed by atoms with van der Waals surface area (Å²) in [5.74, 6) is 0.954. The number of rotatable bonds is 4. The zero-order valence-electron chi connectivity index (χ0n) is 12.4. The summed E-state index contributed by atoms with van der Waals surface area (Å²) in [6, 6.07) is 11.7. The van der Waals surface area contributed by atoms with E-state index < -0.39 is 0 Å². The van der Waals surface area contributed by atoms with Gasteiger partial charge in [-0.05, 0) is 35.2 Å². The van der Waals surface area contributed by atoms with Gasteiger partial charge in [-0.15, -0.1) is 11.3 Å². The second kappa shape index (κ2) is 5.80. The number of carbonyl (C=O) groups excluding carboxylic acids is 1. The Balaban J connectivity index is 2.13. The van der Waals surface area contributed by atoms with Crippen LogP contribution in [0.5, 0.6) is 5.75 Å². The van der Waals surface area contributed by atoms with Crippen LogP contribution in [0.2, 0.25) is 0 Å². The maximum atomic E-state index is 12.3. The predicted octanol–water partition coefficient (Wildman–Crippen LogP) is 4.48. The van der Waals surface area contributed by atoms with Crippen LogP contribution in [-0.2, 0) is 11.8 Å². The van der Waals surface area contributed by atoms with Gasteiger partial charge in [-0.3, -0.25) is 4.79 Å². The van der Waals surface area contributed by atoms with E-state index in [0.29, 0.717) is 6.42 Å². The number of hydrogen-bond donors (Lipinski definition) is 0. The molecule has 0 saturated heterocycles. The molecule has 0 unspecified atom stereocenters. The van der Waals surface area contributed by atoms with E-state index in [1.807, 2.05) is 30.3 Å². The Bertz CT molecular complexity index is 605. The fourth-order valence-electron chi connectivity index (χ4n) is 1.95. The van der Waals surface area contributed by atoms with Crippen molar-refractivity contribution in [3.05, 3.63) is 51.7 Å². The van der Waals surface area contributed by atoms with Crippen molar-refractivity contribution in [3.8, 4) is 5.75 Å². The maximum absolute atomic E-state index is 12.3. The molecule has 1 aromatic heterocycles. The molecular formula is C17H20O2S. The van der Waals surface area contributed by atoms with E-state index in [1.54, 1.807) is 18.4 Å². The SMILES string of the molecule is COc1cccc(CC(=O)c2ccc(C(C)(C)C)s2)c1. The van der Waals surface area contributed by atoms with Gasteiger partial charge in [0.25, 0.3) is 0 Å². The van der Waals surface area contributed by atoms with Gasteiger partial charge in [0.15, 0.2) is 5.78 Å². The minimum atomic E-state index is 0.0964. The van der Waals surface area contributed by atoms with E-state index >= 15 is 0 Å². The Morgan fingerprint density at radius 2 is 1.95 bits per heavy atom. The third kappa shape index (κ3) is 3.48. The quantitative estimate of drug-likeness (QED) is 0.775. The van der Waals surface area contributed by atoms with E-state index in [-0.39, 0.29) is 11.2 Å². The van der Waals surface area contributed by atoms with Gasteiger partial charge in [0, 0.05) is 11.3 Å². The molecule has 20 heavy (non-hydrogen) atoms. The first kappa shape index (κ1) is 14.8. The van der Waals surface area contributed by atoms with E-state index in [4.69, 9.17) is 4.74 Å². The molecule has 0 saturated carbocycles. The molecule has 3 heteroatoms. The number of ether oxygens (including phenoxy) is 1. The lowest BCUT2D eigenvalue weighted by Gasteiger charge is -2.15. The van der Waals surface area contributed by atoms with E-state index in [0.717, 1.165) is 16.2 Å². The monoisotopic (exact) mass is 288 g/mol. The molecule has 0 bridgehead atoms. The van der Waals surface area contributed by atoms with E-state index in [1.165, 1.54) is 4.88 Å². The van der Waals surface area contributed by atoms with Crippen molar-refractivity contribution in [2.75, 3.05) is 7.11 Å². The summed E-state index contributed by atoms with van der Waals surface area (Å²) in [5.41, 5.74) is 1.08. The number of hydrogen-bond acceptors (Lipinski definition) is 3. The number of carbonyl (C=O) groups is 1. The molecule has 0 aliphatic rings. The van der Waals surface area contributed by atoms with Crippen molar-refractivity contribution in [3.63, 3.8) is 0 Å². The molecule has 2 nitrogen and oxygen atoms in total. The molecule has 0 aliphatic heterocycles. The van der Waals surface area contributed by atoms with Gasteiger partial charge in [-0.1, -0.05) is 32.9 Å². The summed E-state index contributed by atoms with van der Waals surface area (Å²) >= 11 is 1.60. The molecule has 106 valence electrons. The summed E-state index contributed by atoms with van der Waals surface area (Å²) in [7, 11) is 1.63. The maximum Gasteiger partial charge on any atom is 0.177 e. The van der Waals surface area contributed by atoms with E-state index in [9.17, 15) is 4.79 Å². The molecule has 2 rings (SSSR count). The molecule has 0 amide bonds.